The molecule has 106 valence electrons. The van der Waals surface area contributed by atoms with Crippen LogP contribution in [0.2, 0.25) is 10.0 Å². The van der Waals surface area contributed by atoms with Crippen molar-refractivity contribution in [2.45, 2.75) is 38.3 Å². The number of ether oxygens (including phenoxy) is 1. The van der Waals surface area contributed by atoms with E-state index < -0.39 is 0 Å². The molecule has 1 saturated carbocycles. The fourth-order valence-corrected chi connectivity index (χ4v) is 2.92. The normalized spacial score (nSPS) is 18.3. The van der Waals surface area contributed by atoms with Crippen LogP contribution in [0.1, 0.15) is 25.3 Å². The van der Waals surface area contributed by atoms with Gasteiger partial charge in [-0.3, -0.25) is 0 Å². The van der Waals surface area contributed by atoms with Gasteiger partial charge in [0.15, 0.2) is 0 Å². The summed E-state index contributed by atoms with van der Waals surface area (Å²) in [7, 11) is 1.81. The van der Waals surface area contributed by atoms with Crippen LogP contribution in [0.15, 0.2) is 18.2 Å². The molecule has 1 aromatic rings. The predicted molar refractivity (Wildman–Crippen MR) is 81.2 cm³/mol. The van der Waals surface area contributed by atoms with Gasteiger partial charge >= 0.3 is 0 Å². The maximum atomic E-state index is 6.08. The first-order valence-corrected chi connectivity index (χ1v) is 7.61. The summed E-state index contributed by atoms with van der Waals surface area (Å²) in [5.74, 6) is 0.705. The van der Waals surface area contributed by atoms with Crippen LogP contribution in [0.25, 0.3) is 0 Å². The average Bonchev–Trinajstić information content (AvgIpc) is 3.19. The highest BCUT2D eigenvalue weighted by Gasteiger charge is 2.36. The van der Waals surface area contributed by atoms with Crippen molar-refractivity contribution in [3.05, 3.63) is 33.8 Å². The molecule has 4 heteroatoms. The first-order valence-electron chi connectivity index (χ1n) is 6.85. The van der Waals surface area contributed by atoms with E-state index >= 15 is 0 Å². The van der Waals surface area contributed by atoms with Crippen molar-refractivity contribution in [3.63, 3.8) is 0 Å². The highest BCUT2D eigenvalue weighted by Crippen LogP contribution is 2.36. The molecule has 1 aromatic carbocycles. The molecule has 0 saturated heterocycles. The second kappa shape index (κ2) is 6.94. The number of rotatable bonds is 7. The lowest BCUT2D eigenvalue weighted by molar-refractivity contribution is 0.0516. The van der Waals surface area contributed by atoms with Gasteiger partial charge in [-0.05, 0) is 49.4 Å². The first kappa shape index (κ1) is 15.1. The third kappa shape index (κ3) is 4.09. The quantitative estimate of drug-likeness (QED) is 0.824. The topological polar surface area (TPSA) is 21.3 Å². The Morgan fingerprint density at radius 1 is 1.32 bits per heavy atom. The van der Waals surface area contributed by atoms with Crippen LogP contribution >= 0.6 is 23.2 Å². The van der Waals surface area contributed by atoms with Crippen molar-refractivity contribution in [1.82, 2.24) is 5.32 Å². The van der Waals surface area contributed by atoms with Gasteiger partial charge in [-0.1, -0.05) is 36.2 Å². The molecule has 2 nitrogen and oxygen atoms in total. The van der Waals surface area contributed by atoms with Crippen LogP contribution in [-0.4, -0.2) is 25.8 Å². The molecule has 0 heterocycles. The Kier molecular flexibility index (Phi) is 5.52. The lowest BCUT2D eigenvalue weighted by Gasteiger charge is -2.27. The minimum atomic E-state index is 0.286. The SMILES string of the molecule is CCNC(Cc1ccc(Cl)c(Cl)c1)C(OC)C1CC1. The first-order chi connectivity index (χ1) is 9.15. The van der Waals surface area contributed by atoms with Gasteiger partial charge in [0.25, 0.3) is 0 Å². The molecule has 19 heavy (non-hydrogen) atoms. The van der Waals surface area contributed by atoms with Crippen molar-refractivity contribution in [2.75, 3.05) is 13.7 Å². The molecular formula is C15H21Cl2NO. The molecule has 2 rings (SSSR count). The molecule has 0 aliphatic heterocycles. The van der Waals surface area contributed by atoms with E-state index in [-0.39, 0.29) is 6.10 Å². The standard InChI is InChI=1S/C15H21Cl2NO/c1-3-18-14(15(19-2)11-5-6-11)9-10-4-7-12(16)13(17)8-10/h4,7-8,11,14-15,18H,3,5-6,9H2,1-2H3. The van der Waals surface area contributed by atoms with Gasteiger partial charge in [0.2, 0.25) is 0 Å². The summed E-state index contributed by atoms with van der Waals surface area (Å²) in [5.41, 5.74) is 1.20. The van der Waals surface area contributed by atoms with Crippen molar-refractivity contribution in [3.8, 4) is 0 Å². The van der Waals surface area contributed by atoms with E-state index in [1.165, 1.54) is 18.4 Å². The van der Waals surface area contributed by atoms with Gasteiger partial charge in [-0.15, -0.1) is 0 Å². The molecular weight excluding hydrogens is 281 g/mol. The summed E-state index contributed by atoms with van der Waals surface area (Å²) in [6.45, 7) is 3.07. The van der Waals surface area contributed by atoms with Gasteiger partial charge in [0.1, 0.15) is 0 Å². The summed E-state index contributed by atoms with van der Waals surface area (Å²) in [6.07, 6.45) is 3.76. The molecule has 1 aliphatic carbocycles. The molecule has 0 aromatic heterocycles. The predicted octanol–water partition coefficient (Wildman–Crippen LogP) is 3.94. The second-order valence-electron chi connectivity index (χ2n) is 5.15. The third-order valence-corrected chi connectivity index (χ3v) is 4.40. The number of hydrogen-bond donors (Lipinski definition) is 1. The van der Waals surface area contributed by atoms with Crippen LogP contribution < -0.4 is 5.32 Å². The van der Waals surface area contributed by atoms with Gasteiger partial charge < -0.3 is 10.1 Å². The fourth-order valence-electron chi connectivity index (χ4n) is 2.60. The molecule has 2 unspecified atom stereocenters. The molecule has 1 N–H and O–H groups in total. The second-order valence-corrected chi connectivity index (χ2v) is 5.97. The summed E-state index contributed by atoms with van der Waals surface area (Å²) in [5, 5.41) is 4.76. The van der Waals surface area contributed by atoms with Crippen LogP contribution in [-0.2, 0) is 11.2 Å². The minimum absolute atomic E-state index is 0.286. The zero-order valence-electron chi connectivity index (χ0n) is 11.5. The number of hydrogen-bond acceptors (Lipinski definition) is 2. The Labute approximate surface area is 125 Å². The molecule has 1 aliphatic rings. The average molecular weight is 302 g/mol. The van der Waals surface area contributed by atoms with E-state index in [1.54, 1.807) is 0 Å². The molecule has 0 amide bonds. The Balaban J connectivity index is 2.08. The Hall–Kier alpha value is -0.280. The highest BCUT2D eigenvalue weighted by atomic mass is 35.5. The van der Waals surface area contributed by atoms with Crippen molar-refractivity contribution >= 4 is 23.2 Å². The van der Waals surface area contributed by atoms with Gasteiger partial charge in [-0.25, -0.2) is 0 Å². The third-order valence-electron chi connectivity index (χ3n) is 3.66. The fraction of sp³-hybridized carbons (Fsp3) is 0.600. The summed E-state index contributed by atoms with van der Waals surface area (Å²) >= 11 is 12.0. The Morgan fingerprint density at radius 3 is 2.58 bits per heavy atom. The number of likely N-dealkylation sites (N-methyl/N-ethyl adjacent to an activating group) is 1. The van der Waals surface area contributed by atoms with E-state index in [2.05, 4.69) is 12.2 Å². The number of methoxy groups -OCH3 is 1. The lowest BCUT2D eigenvalue weighted by Crippen LogP contribution is -2.43. The maximum absolute atomic E-state index is 6.08. The molecule has 0 bridgehead atoms. The number of nitrogens with one attached hydrogen (secondary N) is 1. The van der Waals surface area contributed by atoms with Crippen molar-refractivity contribution in [2.24, 2.45) is 5.92 Å². The molecule has 2 atom stereocenters. The lowest BCUT2D eigenvalue weighted by atomic mass is 9.98. The minimum Gasteiger partial charge on any atom is -0.380 e. The van der Waals surface area contributed by atoms with E-state index in [0.717, 1.165) is 13.0 Å². The largest absolute Gasteiger partial charge is 0.380 e. The summed E-state index contributed by atoms with van der Waals surface area (Å²) in [6, 6.07) is 6.19. The van der Waals surface area contributed by atoms with Crippen LogP contribution in [0.3, 0.4) is 0 Å². The van der Waals surface area contributed by atoms with Gasteiger partial charge in [-0.2, -0.15) is 0 Å². The summed E-state index contributed by atoms with van der Waals surface area (Å²) in [4.78, 5) is 0. The smallest absolute Gasteiger partial charge is 0.0755 e. The van der Waals surface area contributed by atoms with Crippen LogP contribution in [0.4, 0.5) is 0 Å². The monoisotopic (exact) mass is 301 g/mol. The van der Waals surface area contributed by atoms with Gasteiger partial charge in [0, 0.05) is 13.2 Å². The summed E-state index contributed by atoms with van der Waals surface area (Å²) < 4.78 is 5.69. The van der Waals surface area contributed by atoms with Crippen molar-refractivity contribution in [1.29, 1.82) is 0 Å². The van der Waals surface area contributed by atoms with Crippen LogP contribution in [0, 0.1) is 5.92 Å². The van der Waals surface area contributed by atoms with E-state index in [4.69, 9.17) is 27.9 Å². The number of halogens is 2. The molecule has 0 spiro atoms. The maximum Gasteiger partial charge on any atom is 0.0755 e. The van der Waals surface area contributed by atoms with Crippen molar-refractivity contribution < 1.29 is 4.74 Å². The number of benzene rings is 1. The molecule has 0 radical (unpaired) electrons. The zero-order valence-corrected chi connectivity index (χ0v) is 13.0. The molecule has 1 fully saturated rings. The Bertz CT molecular complexity index is 421. The zero-order chi connectivity index (χ0) is 13.8. The van der Waals surface area contributed by atoms with Gasteiger partial charge in [0.05, 0.1) is 16.1 Å². The van der Waals surface area contributed by atoms with E-state index in [1.807, 2.05) is 25.3 Å². The van der Waals surface area contributed by atoms with Crippen LogP contribution in [0.5, 0.6) is 0 Å². The van der Waals surface area contributed by atoms with E-state index in [0.29, 0.717) is 22.0 Å². The highest BCUT2D eigenvalue weighted by molar-refractivity contribution is 6.42. The van der Waals surface area contributed by atoms with E-state index in [9.17, 15) is 0 Å². The Morgan fingerprint density at radius 2 is 2.05 bits per heavy atom.